The minimum Gasteiger partial charge on any atom is -0.497 e. The maximum absolute atomic E-state index is 13.7. The summed E-state index contributed by atoms with van der Waals surface area (Å²) in [7, 11) is 1.56. The van der Waals surface area contributed by atoms with Crippen LogP contribution in [0.25, 0.3) is 11.4 Å². The number of hydrogen-bond donors (Lipinski definition) is 3. The molecule has 0 saturated carbocycles. The van der Waals surface area contributed by atoms with Gasteiger partial charge in [-0.3, -0.25) is 14.4 Å². The molecule has 10 nitrogen and oxygen atoms in total. The van der Waals surface area contributed by atoms with E-state index >= 15 is 0 Å². The van der Waals surface area contributed by atoms with Crippen LogP contribution in [-0.2, 0) is 9.59 Å². The molecule has 1 aliphatic rings. The average Bonchev–Trinajstić information content (AvgIpc) is 3.28. The van der Waals surface area contributed by atoms with Crippen LogP contribution in [0.2, 0.25) is 5.02 Å². The number of benzene rings is 2. The molecule has 0 saturated heterocycles. The van der Waals surface area contributed by atoms with Crippen molar-refractivity contribution in [1.82, 2.24) is 25.4 Å². The molecule has 0 unspecified atom stereocenters. The molecular weight excluding hydrogens is 480 g/mol. The Hall–Kier alpha value is -3.41. The lowest BCUT2D eigenvalue weighted by Crippen LogP contribution is -2.51. The molecule has 12 heteroatoms. The van der Waals surface area contributed by atoms with Gasteiger partial charge in [-0.05, 0) is 29.8 Å². The molecule has 0 aliphatic carbocycles. The number of methoxy groups -OCH3 is 1. The average molecular weight is 501 g/mol. The molecule has 1 aromatic heterocycles. The minimum atomic E-state index is -0.967. The number of rotatable bonds is 7. The summed E-state index contributed by atoms with van der Waals surface area (Å²) in [5, 5.41) is 13.9. The number of amides is 2. The summed E-state index contributed by atoms with van der Waals surface area (Å²) < 4.78 is 6.58. The van der Waals surface area contributed by atoms with Crippen LogP contribution in [0, 0.1) is 0 Å². The standard InChI is InChI=1S/C22H21ClN6O4S/c1-33-13-8-6-12(7-9-13)19-18(26-17(31)11-25-16(30)10-24)21(32)29-20(27-28-22(29)34-19)14-4-2-3-5-15(14)23/h2-9,18-19H,10-11,24H2,1H3,(H,25,30)(H,26,31)/t18-,19+/m0/s1. The van der Waals surface area contributed by atoms with E-state index in [1.54, 1.807) is 43.5 Å². The molecule has 2 heterocycles. The fourth-order valence-electron chi connectivity index (χ4n) is 3.48. The Morgan fingerprint density at radius 3 is 2.56 bits per heavy atom. The van der Waals surface area contributed by atoms with Gasteiger partial charge in [-0.25, -0.2) is 4.57 Å². The SMILES string of the molecule is COc1ccc([C@H]2Sc3nnc(-c4ccccc4Cl)n3C(=O)[C@H]2NC(=O)CNC(=O)CN)cc1. The number of nitrogens with two attached hydrogens (primary N) is 1. The topological polar surface area (TPSA) is 141 Å². The molecule has 34 heavy (non-hydrogen) atoms. The predicted molar refractivity (Wildman–Crippen MR) is 127 cm³/mol. The van der Waals surface area contributed by atoms with E-state index in [0.29, 0.717) is 21.5 Å². The molecule has 4 N–H and O–H groups in total. The van der Waals surface area contributed by atoms with E-state index in [-0.39, 0.29) is 18.9 Å². The first-order valence-corrected chi connectivity index (χ1v) is 11.5. The van der Waals surface area contributed by atoms with Gasteiger partial charge in [0.05, 0.1) is 30.5 Å². The molecule has 0 radical (unpaired) electrons. The zero-order valence-electron chi connectivity index (χ0n) is 18.0. The number of carbonyl (C=O) groups excluding carboxylic acids is 3. The van der Waals surface area contributed by atoms with Crippen molar-refractivity contribution in [3.63, 3.8) is 0 Å². The second-order valence-corrected chi connectivity index (χ2v) is 8.81. The second-order valence-electron chi connectivity index (χ2n) is 7.30. The monoisotopic (exact) mass is 500 g/mol. The molecule has 3 aromatic rings. The maximum atomic E-state index is 13.7. The number of fused-ring (bicyclic) bond motifs is 1. The first-order chi connectivity index (χ1) is 16.4. The van der Waals surface area contributed by atoms with Crippen LogP contribution >= 0.6 is 23.4 Å². The zero-order valence-corrected chi connectivity index (χ0v) is 19.6. The number of ether oxygens (including phenoxy) is 1. The van der Waals surface area contributed by atoms with Crippen molar-refractivity contribution < 1.29 is 19.1 Å². The highest BCUT2D eigenvalue weighted by molar-refractivity contribution is 7.99. The Morgan fingerprint density at radius 2 is 1.88 bits per heavy atom. The third-order valence-corrected chi connectivity index (χ3v) is 6.76. The van der Waals surface area contributed by atoms with Crippen LogP contribution in [-0.4, -0.2) is 58.7 Å². The number of halogens is 1. The molecule has 176 valence electrons. The lowest BCUT2D eigenvalue weighted by Gasteiger charge is -2.31. The number of carbonyl (C=O) groups is 3. The Balaban J connectivity index is 1.70. The Labute approximate surface area is 204 Å². The fourth-order valence-corrected chi connectivity index (χ4v) is 4.91. The molecule has 2 aromatic carbocycles. The van der Waals surface area contributed by atoms with Crippen LogP contribution in [0.3, 0.4) is 0 Å². The maximum Gasteiger partial charge on any atom is 0.258 e. The molecule has 0 fully saturated rings. The summed E-state index contributed by atoms with van der Waals surface area (Å²) in [6.07, 6.45) is 0. The van der Waals surface area contributed by atoms with Gasteiger partial charge >= 0.3 is 0 Å². The van der Waals surface area contributed by atoms with E-state index in [0.717, 1.165) is 5.56 Å². The highest BCUT2D eigenvalue weighted by Crippen LogP contribution is 2.43. The van der Waals surface area contributed by atoms with Gasteiger partial charge in [0, 0.05) is 5.56 Å². The summed E-state index contributed by atoms with van der Waals surface area (Å²) >= 11 is 7.62. The van der Waals surface area contributed by atoms with Crippen molar-refractivity contribution in [2.45, 2.75) is 16.4 Å². The third kappa shape index (κ3) is 4.76. The van der Waals surface area contributed by atoms with E-state index < -0.39 is 29.0 Å². The van der Waals surface area contributed by atoms with Gasteiger partial charge < -0.3 is 21.1 Å². The van der Waals surface area contributed by atoms with E-state index in [1.165, 1.54) is 16.3 Å². The van der Waals surface area contributed by atoms with Crippen molar-refractivity contribution in [2.24, 2.45) is 5.73 Å². The summed E-state index contributed by atoms with van der Waals surface area (Å²) in [4.78, 5) is 37.8. The van der Waals surface area contributed by atoms with E-state index in [9.17, 15) is 14.4 Å². The van der Waals surface area contributed by atoms with Gasteiger partial charge in [0.15, 0.2) is 11.0 Å². The lowest BCUT2D eigenvalue weighted by atomic mass is 10.0. The van der Waals surface area contributed by atoms with Crippen LogP contribution < -0.4 is 21.1 Å². The Bertz CT molecular complexity index is 1230. The highest BCUT2D eigenvalue weighted by Gasteiger charge is 2.41. The van der Waals surface area contributed by atoms with Crippen LogP contribution in [0.1, 0.15) is 15.6 Å². The zero-order chi connectivity index (χ0) is 24.2. The quantitative estimate of drug-likeness (QED) is 0.444. The first kappa shape index (κ1) is 23.7. The van der Waals surface area contributed by atoms with Gasteiger partial charge in [0.1, 0.15) is 11.8 Å². The highest BCUT2D eigenvalue weighted by atomic mass is 35.5. The van der Waals surface area contributed by atoms with E-state index in [1.807, 2.05) is 12.1 Å². The number of nitrogens with zero attached hydrogens (tertiary/aromatic N) is 3. The van der Waals surface area contributed by atoms with Gasteiger partial charge in [-0.2, -0.15) is 0 Å². The first-order valence-electron chi connectivity index (χ1n) is 10.2. The van der Waals surface area contributed by atoms with E-state index in [4.69, 9.17) is 22.1 Å². The van der Waals surface area contributed by atoms with Crippen molar-refractivity contribution in [1.29, 1.82) is 0 Å². The summed E-state index contributed by atoms with van der Waals surface area (Å²) in [5.74, 6) is -0.497. The number of aromatic nitrogens is 3. The van der Waals surface area contributed by atoms with Crippen LogP contribution in [0.4, 0.5) is 0 Å². The van der Waals surface area contributed by atoms with Crippen molar-refractivity contribution >= 4 is 41.1 Å². The van der Waals surface area contributed by atoms with Crippen LogP contribution in [0.15, 0.2) is 53.7 Å². The Morgan fingerprint density at radius 1 is 1.15 bits per heavy atom. The fraction of sp³-hybridized carbons (Fsp3) is 0.227. The molecular formula is C22H21ClN6O4S. The molecule has 0 spiro atoms. The number of thioether (sulfide) groups is 1. The lowest BCUT2D eigenvalue weighted by molar-refractivity contribution is -0.125. The molecule has 2 amide bonds. The third-order valence-electron chi connectivity index (χ3n) is 5.16. The molecule has 2 atom stereocenters. The number of hydrogen-bond acceptors (Lipinski definition) is 8. The summed E-state index contributed by atoms with van der Waals surface area (Å²) in [6.45, 7) is -0.558. The van der Waals surface area contributed by atoms with Crippen molar-refractivity contribution in [3.05, 3.63) is 59.1 Å². The summed E-state index contributed by atoms with van der Waals surface area (Å²) in [5.41, 5.74) is 6.60. The van der Waals surface area contributed by atoms with Gasteiger partial charge in [0.25, 0.3) is 5.91 Å². The van der Waals surface area contributed by atoms with Crippen molar-refractivity contribution in [3.8, 4) is 17.1 Å². The van der Waals surface area contributed by atoms with Crippen LogP contribution in [0.5, 0.6) is 5.75 Å². The van der Waals surface area contributed by atoms with Gasteiger partial charge in [0.2, 0.25) is 11.8 Å². The Kier molecular flexibility index (Phi) is 7.15. The van der Waals surface area contributed by atoms with Gasteiger partial charge in [-0.15, -0.1) is 10.2 Å². The molecule has 0 bridgehead atoms. The largest absolute Gasteiger partial charge is 0.497 e. The predicted octanol–water partition coefficient (Wildman–Crippen LogP) is 1.65. The normalized spacial score (nSPS) is 17.1. The van der Waals surface area contributed by atoms with Crippen molar-refractivity contribution in [2.75, 3.05) is 20.2 Å². The second kappa shape index (κ2) is 10.2. The molecule has 4 rings (SSSR count). The van der Waals surface area contributed by atoms with Gasteiger partial charge in [-0.1, -0.05) is 47.6 Å². The minimum absolute atomic E-state index is 0.245. The molecule has 1 aliphatic heterocycles. The summed E-state index contributed by atoms with van der Waals surface area (Å²) in [6, 6.07) is 13.2. The number of nitrogens with one attached hydrogen (secondary N) is 2. The smallest absolute Gasteiger partial charge is 0.258 e. The van der Waals surface area contributed by atoms with E-state index in [2.05, 4.69) is 20.8 Å².